The molecule has 0 radical (unpaired) electrons. The fourth-order valence-corrected chi connectivity index (χ4v) is 2.59. The number of hydrogen-bond donors (Lipinski definition) is 0. The van der Waals surface area contributed by atoms with Gasteiger partial charge in [0.15, 0.2) is 0 Å². The predicted molar refractivity (Wildman–Crippen MR) is 78.5 cm³/mol. The smallest absolute Gasteiger partial charge is 0.410 e. The minimum atomic E-state index is -0.451. The van der Waals surface area contributed by atoms with Gasteiger partial charge in [0.05, 0.1) is 6.04 Å². The van der Waals surface area contributed by atoms with Gasteiger partial charge in [-0.1, -0.05) is 0 Å². The van der Waals surface area contributed by atoms with Gasteiger partial charge in [0.25, 0.3) is 0 Å². The molecule has 1 aliphatic heterocycles. The van der Waals surface area contributed by atoms with Gasteiger partial charge in [-0.25, -0.2) is 4.79 Å². The number of likely N-dealkylation sites (tertiary alicyclic amines) is 1. The van der Waals surface area contributed by atoms with E-state index in [1.54, 1.807) is 0 Å². The first kappa shape index (κ1) is 14.8. The fraction of sp³-hybridized carbons (Fsp3) is 0.625. The lowest BCUT2D eigenvalue weighted by molar-refractivity contribution is 0.00949. The number of pyridine rings is 1. The Balaban J connectivity index is 2.19. The molecule has 0 aromatic carbocycles. The van der Waals surface area contributed by atoms with Crippen LogP contribution in [0.5, 0.6) is 0 Å². The van der Waals surface area contributed by atoms with Gasteiger partial charge in [-0.2, -0.15) is 0 Å². The summed E-state index contributed by atoms with van der Waals surface area (Å²) < 4.78 is 5.53. The standard InChI is InChI=1S/C16H24N2O2/c1-12-11-13(8-9-17-12)14-7-5-6-10-18(14)15(19)20-16(2,3)4/h8-9,11,14H,5-7,10H2,1-4H3/t14-/m0/s1. The normalized spacial score (nSPS) is 19.8. The van der Waals surface area contributed by atoms with E-state index in [0.29, 0.717) is 0 Å². The molecule has 1 aliphatic rings. The van der Waals surface area contributed by atoms with Crippen LogP contribution in [0.1, 0.15) is 57.3 Å². The highest BCUT2D eigenvalue weighted by atomic mass is 16.6. The molecule has 4 heteroatoms. The Morgan fingerprint density at radius 3 is 2.80 bits per heavy atom. The zero-order chi connectivity index (χ0) is 14.8. The number of aryl methyl sites for hydroxylation is 1. The summed E-state index contributed by atoms with van der Waals surface area (Å²) in [5.74, 6) is 0. The molecule has 110 valence electrons. The number of carbonyl (C=O) groups is 1. The Kier molecular flexibility index (Phi) is 4.31. The molecule has 4 nitrogen and oxygen atoms in total. The maximum Gasteiger partial charge on any atom is 0.410 e. The second kappa shape index (κ2) is 5.81. The number of rotatable bonds is 1. The highest BCUT2D eigenvalue weighted by molar-refractivity contribution is 5.69. The van der Waals surface area contributed by atoms with E-state index in [4.69, 9.17) is 4.74 Å². The molecule has 0 bridgehead atoms. The highest BCUT2D eigenvalue weighted by Crippen LogP contribution is 2.32. The van der Waals surface area contributed by atoms with Crippen LogP contribution in [0.15, 0.2) is 18.3 Å². The second-order valence-electron chi connectivity index (χ2n) is 6.42. The first-order valence-corrected chi connectivity index (χ1v) is 7.29. The van der Waals surface area contributed by atoms with E-state index >= 15 is 0 Å². The third-order valence-electron chi connectivity index (χ3n) is 3.44. The van der Waals surface area contributed by atoms with Gasteiger partial charge in [-0.05, 0) is 64.7 Å². The van der Waals surface area contributed by atoms with Crippen LogP contribution in [0, 0.1) is 6.92 Å². The monoisotopic (exact) mass is 276 g/mol. The van der Waals surface area contributed by atoms with Crippen LogP contribution in [-0.4, -0.2) is 28.1 Å². The number of aromatic nitrogens is 1. The molecule has 0 aliphatic carbocycles. The number of nitrogens with zero attached hydrogens (tertiary/aromatic N) is 2. The number of hydrogen-bond acceptors (Lipinski definition) is 3. The van der Waals surface area contributed by atoms with Crippen molar-refractivity contribution in [1.82, 2.24) is 9.88 Å². The predicted octanol–water partition coefficient (Wildman–Crippen LogP) is 3.85. The van der Waals surface area contributed by atoms with Crippen molar-refractivity contribution in [2.24, 2.45) is 0 Å². The summed E-state index contributed by atoms with van der Waals surface area (Å²) in [6.07, 6.45) is 4.78. The minimum Gasteiger partial charge on any atom is -0.444 e. The Morgan fingerprint density at radius 1 is 1.40 bits per heavy atom. The first-order chi connectivity index (χ1) is 9.37. The average Bonchev–Trinajstić information content (AvgIpc) is 2.37. The van der Waals surface area contributed by atoms with E-state index in [1.165, 1.54) is 0 Å². The van der Waals surface area contributed by atoms with Crippen LogP contribution in [0.3, 0.4) is 0 Å². The zero-order valence-corrected chi connectivity index (χ0v) is 12.8. The molecule has 1 amide bonds. The van der Waals surface area contributed by atoms with Crippen LogP contribution >= 0.6 is 0 Å². The van der Waals surface area contributed by atoms with Crippen molar-refractivity contribution < 1.29 is 9.53 Å². The van der Waals surface area contributed by atoms with Crippen LogP contribution in [0.25, 0.3) is 0 Å². The lowest BCUT2D eigenvalue weighted by Crippen LogP contribution is -2.41. The van der Waals surface area contributed by atoms with Gasteiger partial charge in [-0.15, -0.1) is 0 Å². The fourth-order valence-electron chi connectivity index (χ4n) is 2.59. The van der Waals surface area contributed by atoms with Crippen LogP contribution < -0.4 is 0 Å². The highest BCUT2D eigenvalue weighted by Gasteiger charge is 2.31. The van der Waals surface area contributed by atoms with E-state index in [-0.39, 0.29) is 12.1 Å². The molecule has 0 spiro atoms. The largest absolute Gasteiger partial charge is 0.444 e. The van der Waals surface area contributed by atoms with Gasteiger partial charge in [0.2, 0.25) is 0 Å². The van der Waals surface area contributed by atoms with Crippen LogP contribution in [-0.2, 0) is 4.74 Å². The SMILES string of the molecule is Cc1cc([C@@H]2CCCCN2C(=O)OC(C)(C)C)ccn1. The molecular formula is C16H24N2O2. The van der Waals surface area contributed by atoms with E-state index in [2.05, 4.69) is 11.1 Å². The van der Waals surface area contributed by atoms with Crippen molar-refractivity contribution >= 4 is 6.09 Å². The van der Waals surface area contributed by atoms with E-state index in [1.807, 2.05) is 44.9 Å². The first-order valence-electron chi connectivity index (χ1n) is 7.29. The third-order valence-corrected chi connectivity index (χ3v) is 3.44. The third kappa shape index (κ3) is 3.71. The van der Waals surface area contributed by atoms with Crippen molar-refractivity contribution in [3.05, 3.63) is 29.6 Å². The van der Waals surface area contributed by atoms with Gasteiger partial charge in [0, 0.05) is 18.4 Å². The zero-order valence-electron chi connectivity index (χ0n) is 12.8. The van der Waals surface area contributed by atoms with Crippen LogP contribution in [0.4, 0.5) is 4.79 Å². The molecule has 1 fully saturated rings. The van der Waals surface area contributed by atoms with Gasteiger partial charge >= 0.3 is 6.09 Å². The summed E-state index contributed by atoms with van der Waals surface area (Å²) in [4.78, 5) is 18.5. The lowest BCUT2D eigenvalue weighted by atomic mass is 9.96. The molecule has 2 rings (SSSR count). The Hall–Kier alpha value is -1.58. The van der Waals surface area contributed by atoms with Gasteiger partial charge in [0.1, 0.15) is 5.60 Å². The molecule has 1 atom stereocenters. The minimum absolute atomic E-state index is 0.111. The molecule has 20 heavy (non-hydrogen) atoms. The summed E-state index contributed by atoms with van der Waals surface area (Å²) in [6.45, 7) is 8.45. The van der Waals surface area contributed by atoms with E-state index in [0.717, 1.165) is 37.1 Å². The molecule has 0 N–H and O–H groups in total. The summed E-state index contributed by atoms with van der Waals surface area (Å²) >= 11 is 0. The summed E-state index contributed by atoms with van der Waals surface area (Å²) in [7, 11) is 0. The molecule has 2 heterocycles. The van der Waals surface area contributed by atoms with Crippen molar-refractivity contribution in [2.75, 3.05) is 6.54 Å². The van der Waals surface area contributed by atoms with Crippen molar-refractivity contribution in [3.63, 3.8) is 0 Å². The van der Waals surface area contributed by atoms with E-state index in [9.17, 15) is 4.79 Å². The van der Waals surface area contributed by atoms with E-state index < -0.39 is 5.60 Å². The van der Waals surface area contributed by atoms with Crippen molar-refractivity contribution in [3.8, 4) is 0 Å². The number of ether oxygens (including phenoxy) is 1. The maximum absolute atomic E-state index is 12.4. The quantitative estimate of drug-likeness (QED) is 0.782. The average molecular weight is 276 g/mol. The lowest BCUT2D eigenvalue weighted by Gasteiger charge is -2.37. The Bertz CT molecular complexity index is 480. The van der Waals surface area contributed by atoms with Gasteiger partial charge < -0.3 is 9.64 Å². The number of carbonyl (C=O) groups excluding carboxylic acids is 1. The Morgan fingerprint density at radius 2 is 2.15 bits per heavy atom. The molecule has 1 aromatic rings. The molecule has 0 saturated carbocycles. The number of amides is 1. The topological polar surface area (TPSA) is 42.4 Å². The molecule has 1 aromatic heterocycles. The summed E-state index contributed by atoms with van der Waals surface area (Å²) in [5.41, 5.74) is 1.69. The molecular weight excluding hydrogens is 252 g/mol. The summed E-state index contributed by atoms with van der Waals surface area (Å²) in [5, 5.41) is 0. The van der Waals surface area contributed by atoms with Crippen molar-refractivity contribution in [2.45, 2.75) is 58.6 Å². The van der Waals surface area contributed by atoms with Crippen LogP contribution in [0.2, 0.25) is 0 Å². The molecule has 0 unspecified atom stereocenters. The number of piperidine rings is 1. The summed E-state index contributed by atoms with van der Waals surface area (Å²) in [6, 6.07) is 4.17. The Labute approximate surface area is 121 Å². The van der Waals surface area contributed by atoms with Crippen molar-refractivity contribution in [1.29, 1.82) is 0 Å². The van der Waals surface area contributed by atoms with Gasteiger partial charge in [-0.3, -0.25) is 4.98 Å². The maximum atomic E-state index is 12.4. The second-order valence-corrected chi connectivity index (χ2v) is 6.42. The molecule has 1 saturated heterocycles.